The lowest BCUT2D eigenvalue weighted by atomic mass is 9.65. The lowest BCUT2D eigenvalue weighted by Gasteiger charge is -2.39. The van der Waals surface area contributed by atoms with Crippen LogP contribution in [-0.4, -0.2) is 58.2 Å². The molecule has 3 amide bonds. The summed E-state index contributed by atoms with van der Waals surface area (Å²) in [7, 11) is 0. The number of likely N-dealkylation sites (tertiary alicyclic amines) is 1. The van der Waals surface area contributed by atoms with Crippen LogP contribution in [0.2, 0.25) is 0 Å². The zero-order valence-corrected chi connectivity index (χ0v) is 23.6. The van der Waals surface area contributed by atoms with Gasteiger partial charge < -0.3 is 15.1 Å². The number of hydrogen-bond acceptors (Lipinski definition) is 5. The van der Waals surface area contributed by atoms with Gasteiger partial charge in [-0.3, -0.25) is 14.4 Å². The molecule has 1 aliphatic heterocycles. The molecule has 2 aliphatic carbocycles. The number of carbonyl (C=O) groups excluding carboxylic acids is 3. The van der Waals surface area contributed by atoms with E-state index in [2.05, 4.69) is 49.8 Å². The fraction of sp³-hybridized carbons (Fsp3) is 0.786. The van der Waals surface area contributed by atoms with Crippen molar-refractivity contribution in [2.24, 2.45) is 22.7 Å². The molecule has 0 aromatic carbocycles. The smallest absolute Gasteiger partial charge is 0.245 e. The third-order valence-corrected chi connectivity index (χ3v) is 8.86. The largest absolute Gasteiger partial charge is 0.339 e. The Morgan fingerprint density at radius 1 is 1.17 bits per heavy atom. The Bertz CT molecular complexity index is 968. The first-order chi connectivity index (χ1) is 16.9. The van der Waals surface area contributed by atoms with Gasteiger partial charge in [0.25, 0.3) is 0 Å². The van der Waals surface area contributed by atoms with Crippen molar-refractivity contribution in [1.82, 2.24) is 14.8 Å². The van der Waals surface area contributed by atoms with E-state index in [1.807, 2.05) is 5.38 Å². The van der Waals surface area contributed by atoms with Gasteiger partial charge in [0, 0.05) is 30.4 Å². The number of amides is 3. The number of carbonyl (C=O) groups is 3. The SMILES string of the molecule is CC(C)CN(CC(=O)Nc1nc(CC(=O)N2CC3(C)CC2CC(C)(C)C3)cs1)C(=O)C1CCCCC1. The summed E-state index contributed by atoms with van der Waals surface area (Å²) in [6.07, 6.45) is 8.79. The molecular formula is C28H44N4O3S. The molecule has 36 heavy (non-hydrogen) atoms. The Labute approximate surface area is 220 Å². The van der Waals surface area contributed by atoms with Crippen LogP contribution in [0.4, 0.5) is 5.13 Å². The minimum absolute atomic E-state index is 0.0423. The number of aromatic nitrogens is 1. The molecule has 2 bridgehead atoms. The average Bonchev–Trinajstić information content (AvgIpc) is 3.32. The minimum Gasteiger partial charge on any atom is -0.339 e. The first-order valence-corrected chi connectivity index (χ1v) is 14.6. The first kappa shape index (κ1) is 27.1. The van der Waals surface area contributed by atoms with Gasteiger partial charge in [0.2, 0.25) is 17.7 Å². The van der Waals surface area contributed by atoms with E-state index in [-0.39, 0.29) is 47.4 Å². The summed E-state index contributed by atoms with van der Waals surface area (Å²) >= 11 is 1.34. The lowest BCUT2D eigenvalue weighted by molar-refractivity contribution is -0.139. The van der Waals surface area contributed by atoms with Gasteiger partial charge in [-0.25, -0.2) is 4.98 Å². The van der Waals surface area contributed by atoms with Crippen molar-refractivity contribution < 1.29 is 14.4 Å². The predicted molar refractivity (Wildman–Crippen MR) is 144 cm³/mol. The summed E-state index contributed by atoms with van der Waals surface area (Å²) in [6, 6.07) is 0.317. The second-order valence-corrected chi connectivity index (χ2v) is 13.9. The highest BCUT2D eigenvalue weighted by molar-refractivity contribution is 7.13. The topological polar surface area (TPSA) is 82.6 Å². The van der Waals surface area contributed by atoms with Crippen LogP contribution in [0.25, 0.3) is 0 Å². The van der Waals surface area contributed by atoms with Gasteiger partial charge in [-0.1, -0.05) is 53.9 Å². The van der Waals surface area contributed by atoms with Crippen LogP contribution in [0.15, 0.2) is 5.38 Å². The molecule has 1 aromatic rings. The fourth-order valence-electron chi connectivity index (χ4n) is 7.07. The van der Waals surface area contributed by atoms with E-state index in [1.54, 1.807) is 4.90 Å². The zero-order valence-electron chi connectivity index (χ0n) is 22.8. The average molecular weight is 517 g/mol. The number of anilines is 1. The molecule has 2 heterocycles. The van der Waals surface area contributed by atoms with E-state index in [9.17, 15) is 14.4 Å². The van der Waals surface area contributed by atoms with Gasteiger partial charge in [0.15, 0.2) is 5.13 Å². The summed E-state index contributed by atoms with van der Waals surface area (Å²) < 4.78 is 0. The standard InChI is InChI=1S/C28H44N4O3S/c1-19(2)14-31(25(35)20-9-7-6-8-10-20)15-23(33)30-26-29-21(16-36-26)11-24(34)32-18-28(5)13-22(32)12-27(3,4)17-28/h16,19-20,22H,6-15,17-18H2,1-5H3,(H,29,30,33). The molecule has 2 unspecified atom stereocenters. The second kappa shape index (κ2) is 10.8. The molecule has 1 N–H and O–H groups in total. The predicted octanol–water partition coefficient (Wildman–Crippen LogP) is 5.12. The molecule has 3 aliphatic rings. The summed E-state index contributed by atoms with van der Waals surface area (Å²) in [5.41, 5.74) is 1.18. The molecule has 0 radical (unpaired) electrons. The molecule has 1 aromatic heterocycles. The quantitative estimate of drug-likeness (QED) is 0.520. The third kappa shape index (κ3) is 6.67. The van der Waals surface area contributed by atoms with E-state index in [4.69, 9.17) is 0 Å². The van der Waals surface area contributed by atoms with Crippen LogP contribution >= 0.6 is 11.3 Å². The maximum Gasteiger partial charge on any atom is 0.245 e. The summed E-state index contributed by atoms with van der Waals surface area (Å²) in [4.78, 5) is 47.5. The highest BCUT2D eigenvalue weighted by Crippen LogP contribution is 2.52. The van der Waals surface area contributed by atoms with E-state index in [1.165, 1.54) is 17.8 Å². The molecule has 4 rings (SSSR count). The van der Waals surface area contributed by atoms with Crippen LogP contribution in [0.1, 0.15) is 91.7 Å². The molecule has 3 fully saturated rings. The molecule has 200 valence electrons. The summed E-state index contributed by atoms with van der Waals surface area (Å²) in [6.45, 7) is 12.5. The van der Waals surface area contributed by atoms with Crippen LogP contribution in [-0.2, 0) is 20.8 Å². The monoisotopic (exact) mass is 516 g/mol. The minimum atomic E-state index is -0.226. The van der Waals surface area contributed by atoms with E-state index >= 15 is 0 Å². The van der Waals surface area contributed by atoms with Crippen molar-refractivity contribution in [2.75, 3.05) is 25.0 Å². The van der Waals surface area contributed by atoms with Gasteiger partial charge in [0.1, 0.15) is 0 Å². The van der Waals surface area contributed by atoms with Crippen molar-refractivity contribution in [3.8, 4) is 0 Å². The van der Waals surface area contributed by atoms with Crippen molar-refractivity contribution in [3.05, 3.63) is 11.1 Å². The van der Waals surface area contributed by atoms with E-state index in [0.717, 1.165) is 51.5 Å². The lowest BCUT2D eigenvalue weighted by Crippen LogP contribution is -2.43. The van der Waals surface area contributed by atoms with Gasteiger partial charge in [-0.2, -0.15) is 0 Å². The van der Waals surface area contributed by atoms with Crippen molar-refractivity contribution in [1.29, 1.82) is 0 Å². The Kier molecular flexibility index (Phi) is 8.13. The van der Waals surface area contributed by atoms with Crippen molar-refractivity contribution >= 4 is 34.2 Å². The van der Waals surface area contributed by atoms with Crippen LogP contribution in [0.3, 0.4) is 0 Å². The zero-order chi connectivity index (χ0) is 26.1. The Morgan fingerprint density at radius 2 is 1.89 bits per heavy atom. The van der Waals surface area contributed by atoms with Crippen LogP contribution in [0, 0.1) is 22.7 Å². The van der Waals surface area contributed by atoms with E-state index in [0.29, 0.717) is 29.3 Å². The maximum atomic E-state index is 13.2. The second-order valence-electron chi connectivity index (χ2n) is 13.1. The first-order valence-electron chi connectivity index (χ1n) is 13.8. The normalized spacial score (nSPS) is 25.7. The highest BCUT2D eigenvalue weighted by Gasteiger charge is 2.50. The van der Waals surface area contributed by atoms with Crippen LogP contribution in [0.5, 0.6) is 0 Å². The molecular weight excluding hydrogens is 472 g/mol. The van der Waals surface area contributed by atoms with Gasteiger partial charge >= 0.3 is 0 Å². The summed E-state index contributed by atoms with van der Waals surface area (Å²) in [5.74, 6) is 0.347. The number of fused-ring (bicyclic) bond motifs is 2. The third-order valence-electron chi connectivity index (χ3n) is 8.05. The van der Waals surface area contributed by atoms with E-state index < -0.39 is 0 Å². The van der Waals surface area contributed by atoms with Gasteiger partial charge in [-0.05, 0) is 48.9 Å². The Hall–Kier alpha value is -1.96. The Morgan fingerprint density at radius 3 is 2.58 bits per heavy atom. The molecule has 8 heteroatoms. The molecule has 2 saturated carbocycles. The maximum absolute atomic E-state index is 13.2. The number of hydrogen-bond donors (Lipinski definition) is 1. The number of thiazole rings is 1. The molecule has 2 atom stereocenters. The number of rotatable bonds is 8. The van der Waals surface area contributed by atoms with Gasteiger partial charge in [-0.15, -0.1) is 11.3 Å². The molecule has 7 nitrogen and oxygen atoms in total. The number of nitrogens with zero attached hydrogens (tertiary/aromatic N) is 3. The van der Waals surface area contributed by atoms with Crippen LogP contribution < -0.4 is 5.32 Å². The Balaban J connectivity index is 1.32. The van der Waals surface area contributed by atoms with Crippen molar-refractivity contribution in [3.63, 3.8) is 0 Å². The van der Waals surface area contributed by atoms with Gasteiger partial charge in [0.05, 0.1) is 18.7 Å². The summed E-state index contributed by atoms with van der Waals surface area (Å²) in [5, 5.41) is 5.22. The highest BCUT2D eigenvalue weighted by atomic mass is 32.1. The fourth-order valence-corrected chi connectivity index (χ4v) is 7.79. The van der Waals surface area contributed by atoms with Crippen molar-refractivity contribution in [2.45, 2.75) is 98.4 Å². The molecule has 1 saturated heterocycles. The number of nitrogens with one attached hydrogen (secondary N) is 1. The molecule has 0 spiro atoms.